The number of hydrogen-bond acceptors (Lipinski definition) is 1. The normalized spacial score (nSPS) is 12.6. The first-order chi connectivity index (χ1) is 19.7. The summed E-state index contributed by atoms with van der Waals surface area (Å²) in [7, 11) is 0. The van der Waals surface area contributed by atoms with E-state index in [0.717, 1.165) is 66.6 Å². The molecule has 0 saturated carbocycles. The Bertz CT molecular complexity index is 2190. The third-order valence-electron chi connectivity index (χ3n) is 8.52. The number of fused-ring (bicyclic) bond motifs is 9. The van der Waals surface area contributed by atoms with Crippen LogP contribution in [-0.4, -0.2) is 15.8 Å². The maximum Gasteiger partial charge on any atom is 0.194 e. The number of carbonyl (C=O) groups excluding carboxylic acids is 1. The van der Waals surface area contributed by atoms with E-state index in [1.165, 1.54) is 21.5 Å². The highest BCUT2D eigenvalue weighted by Crippen LogP contribution is 2.43. The largest absolute Gasteiger partial charge is 0.354 e. The van der Waals surface area contributed by atoms with Crippen LogP contribution in [0.4, 0.5) is 0 Å². The van der Waals surface area contributed by atoms with E-state index in [4.69, 9.17) is 0 Å². The van der Waals surface area contributed by atoms with Gasteiger partial charge in [-0.05, 0) is 46.5 Å². The Labute approximate surface area is 229 Å². The van der Waals surface area contributed by atoms with Crippen LogP contribution in [0.2, 0.25) is 0 Å². The predicted octanol–water partition coefficient (Wildman–Crippen LogP) is 9.50. The molecule has 0 amide bonds. The standard InChI is InChI=1S/C37H22N2O/c40-37-31-19-21(23-9-5-11-29-27-7-1-3-13-33(27)38-35(23)29)15-17-25(31)26-18-16-22(20-32(26)37)24-10-6-12-30-28-8-2-4-14-34(28)39-36(24)30/h1-20,38-39H. The van der Waals surface area contributed by atoms with Crippen LogP contribution in [0.1, 0.15) is 15.9 Å². The van der Waals surface area contributed by atoms with Crippen LogP contribution in [0.3, 0.4) is 0 Å². The molecule has 3 nitrogen and oxygen atoms in total. The quantitative estimate of drug-likeness (QED) is 0.239. The van der Waals surface area contributed by atoms with Gasteiger partial charge in [0.15, 0.2) is 5.78 Å². The SMILES string of the molecule is O=C1c2cc(-c3cccc4c3[nH]c3ccccc34)ccc2-c2ccc(-c3cccc4c3[nH]c3ccccc34)cc21. The van der Waals surface area contributed by atoms with E-state index >= 15 is 0 Å². The molecule has 40 heavy (non-hydrogen) atoms. The maximum absolute atomic E-state index is 13.8. The highest BCUT2D eigenvalue weighted by atomic mass is 16.1. The average molecular weight is 511 g/mol. The third-order valence-corrected chi connectivity index (χ3v) is 8.52. The van der Waals surface area contributed by atoms with Crippen molar-refractivity contribution in [2.45, 2.75) is 0 Å². The van der Waals surface area contributed by atoms with Crippen molar-refractivity contribution in [2.24, 2.45) is 0 Å². The highest BCUT2D eigenvalue weighted by molar-refractivity contribution is 6.23. The summed E-state index contributed by atoms with van der Waals surface area (Å²) in [5.74, 6) is 0.0846. The van der Waals surface area contributed by atoms with E-state index in [1.807, 2.05) is 0 Å². The predicted molar refractivity (Wildman–Crippen MR) is 165 cm³/mol. The Morgan fingerprint density at radius 2 is 0.825 bits per heavy atom. The van der Waals surface area contributed by atoms with Crippen LogP contribution in [0.15, 0.2) is 121 Å². The van der Waals surface area contributed by atoms with Crippen molar-refractivity contribution in [3.8, 4) is 33.4 Å². The molecular weight excluding hydrogens is 488 g/mol. The Kier molecular flexibility index (Phi) is 4.20. The molecule has 6 aromatic carbocycles. The van der Waals surface area contributed by atoms with E-state index in [0.29, 0.717) is 0 Å². The molecule has 0 radical (unpaired) electrons. The molecule has 2 aromatic heterocycles. The average Bonchev–Trinajstić information content (AvgIpc) is 3.66. The van der Waals surface area contributed by atoms with E-state index in [2.05, 4.69) is 131 Å². The highest BCUT2D eigenvalue weighted by Gasteiger charge is 2.28. The minimum Gasteiger partial charge on any atom is -0.354 e. The number of ketones is 1. The number of nitrogens with one attached hydrogen (secondary N) is 2. The molecule has 0 atom stereocenters. The third kappa shape index (κ3) is 2.86. The van der Waals surface area contributed by atoms with Crippen LogP contribution in [0.5, 0.6) is 0 Å². The molecule has 8 aromatic rings. The van der Waals surface area contributed by atoms with Gasteiger partial charge in [-0.2, -0.15) is 0 Å². The lowest BCUT2D eigenvalue weighted by Gasteiger charge is -2.07. The minimum atomic E-state index is 0.0846. The van der Waals surface area contributed by atoms with Gasteiger partial charge in [0.2, 0.25) is 0 Å². The van der Waals surface area contributed by atoms with Gasteiger partial charge in [-0.25, -0.2) is 0 Å². The topological polar surface area (TPSA) is 48.6 Å². The monoisotopic (exact) mass is 510 g/mol. The van der Waals surface area contributed by atoms with Crippen molar-refractivity contribution in [1.82, 2.24) is 9.97 Å². The van der Waals surface area contributed by atoms with E-state index in [9.17, 15) is 4.79 Å². The fourth-order valence-corrected chi connectivity index (χ4v) is 6.64. The Hall–Kier alpha value is -5.41. The summed E-state index contributed by atoms with van der Waals surface area (Å²) in [5, 5.41) is 4.81. The van der Waals surface area contributed by atoms with Gasteiger partial charge in [-0.1, -0.05) is 97.1 Å². The fraction of sp³-hybridized carbons (Fsp3) is 0. The Morgan fingerprint density at radius 3 is 1.32 bits per heavy atom. The van der Waals surface area contributed by atoms with Crippen LogP contribution in [-0.2, 0) is 0 Å². The number of aromatic amines is 2. The molecule has 0 bridgehead atoms. The minimum absolute atomic E-state index is 0.0846. The van der Waals surface area contributed by atoms with Crippen LogP contribution in [0.25, 0.3) is 77.0 Å². The van der Waals surface area contributed by atoms with Crippen LogP contribution in [0, 0.1) is 0 Å². The molecule has 2 heterocycles. The molecule has 1 aliphatic rings. The zero-order valence-electron chi connectivity index (χ0n) is 21.5. The second-order valence-corrected chi connectivity index (χ2v) is 10.6. The number of carbonyl (C=O) groups is 1. The summed E-state index contributed by atoms with van der Waals surface area (Å²) in [6.07, 6.45) is 0. The van der Waals surface area contributed by atoms with Gasteiger partial charge >= 0.3 is 0 Å². The molecule has 0 spiro atoms. The van der Waals surface area contributed by atoms with Crippen LogP contribution < -0.4 is 0 Å². The zero-order valence-corrected chi connectivity index (χ0v) is 21.5. The van der Waals surface area contributed by atoms with Crippen molar-refractivity contribution < 1.29 is 4.79 Å². The first kappa shape index (κ1) is 21.5. The molecule has 0 aliphatic heterocycles. The fourth-order valence-electron chi connectivity index (χ4n) is 6.64. The maximum atomic E-state index is 13.8. The molecule has 0 saturated heterocycles. The van der Waals surface area contributed by atoms with Crippen molar-refractivity contribution in [3.63, 3.8) is 0 Å². The van der Waals surface area contributed by atoms with Gasteiger partial charge in [0.05, 0.1) is 11.0 Å². The van der Waals surface area contributed by atoms with Crippen molar-refractivity contribution in [1.29, 1.82) is 0 Å². The molecule has 0 fully saturated rings. The lowest BCUT2D eigenvalue weighted by molar-refractivity contribution is 0.104. The molecule has 2 N–H and O–H groups in total. The van der Waals surface area contributed by atoms with E-state index < -0.39 is 0 Å². The second kappa shape index (κ2) is 7.81. The lowest BCUT2D eigenvalue weighted by Crippen LogP contribution is -1.96. The van der Waals surface area contributed by atoms with E-state index in [-0.39, 0.29) is 5.78 Å². The molecule has 0 unspecified atom stereocenters. The number of benzene rings is 6. The number of para-hydroxylation sites is 4. The lowest BCUT2D eigenvalue weighted by atomic mass is 9.96. The summed E-state index contributed by atoms with van der Waals surface area (Å²) >= 11 is 0. The number of hydrogen-bond donors (Lipinski definition) is 2. The molecular formula is C37H22N2O. The Morgan fingerprint density at radius 1 is 0.375 bits per heavy atom. The number of H-pyrrole nitrogens is 2. The second-order valence-electron chi connectivity index (χ2n) is 10.6. The summed E-state index contributed by atoms with van der Waals surface area (Å²) < 4.78 is 0. The zero-order chi connectivity index (χ0) is 26.4. The summed E-state index contributed by atoms with van der Waals surface area (Å²) in [6, 6.07) is 42.1. The van der Waals surface area contributed by atoms with Crippen molar-refractivity contribution in [3.05, 3.63) is 132 Å². The molecule has 186 valence electrons. The first-order valence-corrected chi connectivity index (χ1v) is 13.6. The first-order valence-electron chi connectivity index (χ1n) is 13.6. The number of rotatable bonds is 2. The molecule has 9 rings (SSSR count). The van der Waals surface area contributed by atoms with E-state index in [1.54, 1.807) is 0 Å². The molecule has 3 heteroatoms. The van der Waals surface area contributed by atoms with Gasteiger partial charge in [0.25, 0.3) is 0 Å². The summed E-state index contributed by atoms with van der Waals surface area (Å²) in [6.45, 7) is 0. The van der Waals surface area contributed by atoms with Gasteiger partial charge in [-0.15, -0.1) is 0 Å². The van der Waals surface area contributed by atoms with Gasteiger partial charge < -0.3 is 9.97 Å². The van der Waals surface area contributed by atoms with Crippen molar-refractivity contribution >= 4 is 49.4 Å². The van der Waals surface area contributed by atoms with Gasteiger partial charge in [0, 0.05) is 54.8 Å². The van der Waals surface area contributed by atoms with Crippen molar-refractivity contribution in [2.75, 3.05) is 0 Å². The van der Waals surface area contributed by atoms with Crippen LogP contribution >= 0.6 is 0 Å². The van der Waals surface area contributed by atoms with Gasteiger partial charge in [-0.3, -0.25) is 4.79 Å². The Balaban J connectivity index is 1.17. The number of aromatic nitrogens is 2. The van der Waals surface area contributed by atoms with Gasteiger partial charge in [0.1, 0.15) is 0 Å². The smallest absolute Gasteiger partial charge is 0.194 e. The molecule has 1 aliphatic carbocycles. The summed E-state index contributed by atoms with van der Waals surface area (Å²) in [4.78, 5) is 21.1. The summed E-state index contributed by atoms with van der Waals surface area (Å²) in [5.41, 5.74) is 12.3.